The molecule has 5 nitrogen and oxygen atoms in total. The summed E-state index contributed by atoms with van der Waals surface area (Å²) < 4.78 is 21.5. The fourth-order valence-corrected chi connectivity index (χ4v) is 1.66. The molecular formula is C9H20N2O3S. The third kappa shape index (κ3) is 11.3. The maximum Gasteiger partial charge on any atom is 0.233 e. The van der Waals surface area contributed by atoms with Crippen molar-refractivity contribution in [3.8, 4) is 0 Å². The molecule has 0 aromatic heterocycles. The Kier molecular flexibility index (Phi) is 7.33. The van der Waals surface area contributed by atoms with E-state index in [9.17, 15) is 13.2 Å². The zero-order valence-corrected chi connectivity index (χ0v) is 10.2. The molecule has 0 aliphatic rings. The Morgan fingerprint density at radius 2 is 1.93 bits per heavy atom. The van der Waals surface area contributed by atoms with Crippen molar-refractivity contribution in [1.82, 2.24) is 10.6 Å². The highest BCUT2D eigenvalue weighted by molar-refractivity contribution is 7.90. The van der Waals surface area contributed by atoms with E-state index in [1.807, 2.05) is 6.92 Å². The first-order chi connectivity index (χ1) is 6.95. The Balaban J connectivity index is 3.35. The second kappa shape index (κ2) is 7.64. The van der Waals surface area contributed by atoms with E-state index in [4.69, 9.17) is 0 Å². The van der Waals surface area contributed by atoms with Gasteiger partial charge in [-0.25, -0.2) is 8.42 Å². The lowest BCUT2D eigenvalue weighted by Crippen LogP contribution is -2.34. The van der Waals surface area contributed by atoms with Gasteiger partial charge in [0.2, 0.25) is 5.91 Å². The summed E-state index contributed by atoms with van der Waals surface area (Å²) in [7, 11) is -2.88. The van der Waals surface area contributed by atoms with Gasteiger partial charge in [0.25, 0.3) is 0 Å². The number of amides is 1. The zero-order chi connectivity index (χ0) is 11.7. The van der Waals surface area contributed by atoms with E-state index >= 15 is 0 Å². The van der Waals surface area contributed by atoms with Crippen LogP contribution >= 0.6 is 0 Å². The molecular weight excluding hydrogens is 216 g/mol. The second-order valence-electron chi connectivity index (χ2n) is 3.51. The molecule has 0 fully saturated rings. The van der Waals surface area contributed by atoms with Gasteiger partial charge in [-0.2, -0.15) is 0 Å². The molecule has 6 heteroatoms. The highest BCUT2D eigenvalue weighted by Gasteiger charge is 2.02. The van der Waals surface area contributed by atoms with Gasteiger partial charge in [0.15, 0.2) is 0 Å². The largest absolute Gasteiger partial charge is 0.355 e. The van der Waals surface area contributed by atoms with Gasteiger partial charge in [-0.1, -0.05) is 6.92 Å². The third-order valence-corrected chi connectivity index (χ3v) is 2.76. The highest BCUT2D eigenvalue weighted by Crippen LogP contribution is 1.86. The summed E-state index contributed by atoms with van der Waals surface area (Å²) in [5, 5.41) is 5.61. The Labute approximate surface area is 91.5 Å². The number of carbonyl (C=O) groups is 1. The molecule has 0 radical (unpaired) electrons. The fraction of sp³-hybridized carbons (Fsp3) is 0.889. The first-order valence-corrected chi connectivity index (χ1v) is 7.17. The van der Waals surface area contributed by atoms with Crippen LogP contribution in [0.5, 0.6) is 0 Å². The van der Waals surface area contributed by atoms with Crippen LogP contribution in [0.4, 0.5) is 0 Å². The molecule has 0 atom stereocenters. The Morgan fingerprint density at radius 3 is 2.47 bits per heavy atom. The average molecular weight is 236 g/mol. The Morgan fingerprint density at radius 1 is 1.27 bits per heavy atom. The van der Waals surface area contributed by atoms with Crippen LogP contribution in [-0.2, 0) is 14.6 Å². The van der Waals surface area contributed by atoms with Crippen LogP contribution in [-0.4, -0.2) is 46.0 Å². The van der Waals surface area contributed by atoms with Gasteiger partial charge in [0.05, 0.1) is 12.3 Å². The molecule has 0 heterocycles. The van der Waals surface area contributed by atoms with Crippen molar-refractivity contribution in [3.63, 3.8) is 0 Å². The molecule has 0 bridgehead atoms. The normalized spacial score (nSPS) is 11.3. The lowest BCUT2D eigenvalue weighted by molar-refractivity contribution is -0.120. The SMILES string of the molecule is CCCNC(=O)CNCCCS(C)(=O)=O. The standard InChI is InChI=1S/C9H20N2O3S/c1-3-5-11-9(12)8-10-6-4-7-15(2,13)14/h10H,3-8H2,1-2H3,(H,11,12). The molecule has 90 valence electrons. The smallest absolute Gasteiger partial charge is 0.233 e. The number of rotatable bonds is 8. The lowest BCUT2D eigenvalue weighted by Gasteiger charge is -2.04. The number of carbonyl (C=O) groups excluding carboxylic acids is 1. The molecule has 0 rings (SSSR count). The van der Waals surface area contributed by atoms with Crippen molar-refractivity contribution >= 4 is 15.7 Å². The Bertz CT molecular complexity index is 275. The summed E-state index contributed by atoms with van der Waals surface area (Å²) in [6, 6.07) is 0. The molecule has 0 aliphatic heterocycles. The van der Waals surface area contributed by atoms with Gasteiger partial charge in [0.1, 0.15) is 9.84 Å². The third-order valence-electron chi connectivity index (χ3n) is 1.73. The minimum Gasteiger partial charge on any atom is -0.355 e. The minimum absolute atomic E-state index is 0.0452. The van der Waals surface area contributed by atoms with Crippen LogP contribution in [0.2, 0.25) is 0 Å². The maximum absolute atomic E-state index is 11.1. The number of sulfone groups is 1. The maximum atomic E-state index is 11.1. The molecule has 0 saturated carbocycles. The van der Waals surface area contributed by atoms with Crippen molar-refractivity contribution in [2.75, 3.05) is 31.6 Å². The van der Waals surface area contributed by atoms with E-state index in [-0.39, 0.29) is 18.2 Å². The van der Waals surface area contributed by atoms with E-state index in [0.29, 0.717) is 19.5 Å². The molecule has 1 amide bonds. The number of hydrogen-bond donors (Lipinski definition) is 2. The van der Waals surface area contributed by atoms with E-state index in [2.05, 4.69) is 10.6 Å². The zero-order valence-electron chi connectivity index (χ0n) is 9.38. The molecule has 2 N–H and O–H groups in total. The van der Waals surface area contributed by atoms with Gasteiger partial charge >= 0.3 is 0 Å². The van der Waals surface area contributed by atoms with E-state index in [1.165, 1.54) is 6.26 Å². The Hall–Kier alpha value is -0.620. The molecule has 0 aliphatic carbocycles. The summed E-state index contributed by atoms with van der Waals surface area (Å²) >= 11 is 0. The van der Waals surface area contributed by atoms with E-state index in [1.54, 1.807) is 0 Å². The molecule has 0 spiro atoms. The summed E-state index contributed by atoms with van der Waals surface area (Å²) in [4.78, 5) is 11.1. The van der Waals surface area contributed by atoms with E-state index < -0.39 is 9.84 Å². The van der Waals surface area contributed by atoms with Crippen LogP contribution in [0.3, 0.4) is 0 Å². The molecule has 0 saturated heterocycles. The van der Waals surface area contributed by atoms with Crippen molar-refractivity contribution < 1.29 is 13.2 Å². The minimum atomic E-state index is -2.88. The van der Waals surface area contributed by atoms with Crippen molar-refractivity contribution in [3.05, 3.63) is 0 Å². The number of hydrogen-bond acceptors (Lipinski definition) is 4. The fourth-order valence-electron chi connectivity index (χ4n) is 0.988. The predicted octanol–water partition coefficient (Wildman–Crippen LogP) is -0.463. The van der Waals surface area contributed by atoms with Crippen LogP contribution in [0.25, 0.3) is 0 Å². The topological polar surface area (TPSA) is 75.3 Å². The first-order valence-electron chi connectivity index (χ1n) is 5.11. The molecule has 0 aromatic carbocycles. The van der Waals surface area contributed by atoms with Gasteiger partial charge in [-0.15, -0.1) is 0 Å². The predicted molar refractivity (Wildman–Crippen MR) is 60.5 cm³/mol. The van der Waals surface area contributed by atoms with Crippen LogP contribution in [0, 0.1) is 0 Å². The van der Waals surface area contributed by atoms with Gasteiger partial charge in [-0.3, -0.25) is 4.79 Å². The summed E-state index contributed by atoms with van der Waals surface area (Å²) in [6.45, 7) is 3.47. The lowest BCUT2D eigenvalue weighted by atomic mass is 10.4. The van der Waals surface area contributed by atoms with Gasteiger partial charge < -0.3 is 10.6 Å². The molecule has 15 heavy (non-hydrogen) atoms. The molecule has 0 unspecified atom stereocenters. The summed E-state index contributed by atoms with van der Waals surface area (Å²) in [5.41, 5.74) is 0. The van der Waals surface area contributed by atoms with Crippen LogP contribution in [0.15, 0.2) is 0 Å². The second-order valence-corrected chi connectivity index (χ2v) is 5.77. The monoisotopic (exact) mass is 236 g/mol. The number of nitrogens with one attached hydrogen (secondary N) is 2. The quantitative estimate of drug-likeness (QED) is 0.559. The van der Waals surface area contributed by atoms with Gasteiger partial charge in [0, 0.05) is 12.8 Å². The van der Waals surface area contributed by atoms with Crippen molar-refractivity contribution in [2.24, 2.45) is 0 Å². The van der Waals surface area contributed by atoms with Gasteiger partial charge in [-0.05, 0) is 19.4 Å². The van der Waals surface area contributed by atoms with E-state index in [0.717, 1.165) is 6.42 Å². The average Bonchev–Trinajstić information content (AvgIpc) is 2.12. The first kappa shape index (κ1) is 14.4. The molecule has 0 aromatic rings. The van der Waals surface area contributed by atoms with Crippen molar-refractivity contribution in [2.45, 2.75) is 19.8 Å². The van der Waals surface area contributed by atoms with Crippen LogP contribution < -0.4 is 10.6 Å². The van der Waals surface area contributed by atoms with Crippen molar-refractivity contribution in [1.29, 1.82) is 0 Å². The van der Waals surface area contributed by atoms with Crippen LogP contribution in [0.1, 0.15) is 19.8 Å². The summed E-state index contributed by atoms with van der Waals surface area (Å²) in [6.07, 6.45) is 2.67. The highest BCUT2D eigenvalue weighted by atomic mass is 32.2. The summed E-state index contributed by atoms with van der Waals surface area (Å²) in [5.74, 6) is 0.118.